The van der Waals surface area contributed by atoms with Gasteiger partial charge in [0.05, 0.1) is 33.9 Å². The number of hydrogen-bond acceptors (Lipinski definition) is 6. The normalized spacial score (nSPS) is 18.4. The van der Waals surface area contributed by atoms with Gasteiger partial charge in [-0.15, -0.1) is 0 Å². The SMILES string of the molecule is C[C@H](c1cc(C(F)(F)F)cc(Cl)c1F)N1CCC(C#N)(COc2cc(F)c(C(=O)NS(C)(=O)=O)cc2C2CC2)CC1. The summed E-state index contributed by atoms with van der Waals surface area (Å²) >= 11 is 5.75. The molecule has 1 amide bonds. The number of benzene rings is 2. The van der Waals surface area contributed by atoms with Gasteiger partial charge in [-0.25, -0.2) is 21.9 Å². The van der Waals surface area contributed by atoms with E-state index in [2.05, 4.69) is 6.07 Å². The summed E-state index contributed by atoms with van der Waals surface area (Å²) in [5.41, 5.74) is -2.18. The Bertz CT molecular complexity index is 1500. The molecule has 0 aromatic heterocycles. The summed E-state index contributed by atoms with van der Waals surface area (Å²) in [5, 5.41) is 9.38. The molecule has 2 aliphatic rings. The highest BCUT2D eigenvalue weighted by Crippen LogP contribution is 2.46. The van der Waals surface area contributed by atoms with Crippen molar-refractivity contribution in [3.8, 4) is 11.8 Å². The molecule has 2 aromatic rings. The lowest BCUT2D eigenvalue weighted by Gasteiger charge is -2.40. The molecule has 41 heavy (non-hydrogen) atoms. The van der Waals surface area contributed by atoms with Gasteiger partial charge in [0, 0.05) is 30.8 Å². The average Bonchev–Trinajstić information content (AvgIpc) is 3.72. The Kier molecular flexibility index (Phi) is 8.60. The molecular formula is C27H27ClF5N3O4S. The van der Waals surface area contributed by atoms with Crippen molar-refractivity contribution in [1.82, 2.24) is 9.62 Å². The van der Waals surface area contributed by atoms with Crippen LogP contribution in [-0.4, -0.2) is 45.2 Å². The van der Waals surface area contributed by atoms with Crippen LogP contribution in [0.4, 0.5) is 22.0 Å². The number of hydrogen-bond donors (Lipinski definition) is 1. The van der Waals surface area contributed by atoms with Gasteiger partial charge in [-0.1, -0.05) is 11.6 Å². The summed E-state index contributed by atoms with van der Waals surface area (Å²) in [6.45, 7) is 1.94. The number of carbonyl (C=O) groups is 1. The van der Waals surface area contributed by atoms with Crippen LogP contribution in [0.1, 0.15) is 71.6 Å². The highest BCUT2D eigenvalue weighted by Gasteiger charge is 2.39. The van der Waals surface area contributed by atoms with Gasteiger partial charge in [0.15, 0.2) is 0 Å². The molecule has 222 valence electrons. The van der Waals surface area contributed by atoms with E-state index in [1.165, 1.54) is 6.07 Å². The van der Waals surface area contributed by atoms with Crippen LogP contribution >= 0.6 is 11.6 Å². The number of nitriles is 1. The minimum absolute atomic E-state index is 0.00898. The van der Waals surface area contributed by atoms with Crippen molar-refractivity contribution in [2.75, 3.05) is 26.0 Å². The van der Waals surface area contributed by atoms with Crippen LogP contribution in [0.15, 0.2) is 24.3 Å². The van der Waals surface area contributed by atoms with Crippen LogP contribution in [0.3, 0.4) is 0 Å². The summed E-state index contributed by atoms with van der Waals surface area (Å²) in [5.74, 6) is -2.89. The van der Waals surface area contributed by atoms with E-state index in [-0.39, 0.29) is 49.8 Å². The topological polar surface area (TPSA) is 99.5 Å². The fourth-order valence-electron chi connectivity index (χ4n) is 4.93. The number of alkyl halides is 3. The highest BCUT2D eigenvalue weighted by molar-refractivity contribution is 7.89. The summed E-state index contributed by atoms with van der Waals surface area (Å²) in [4.78, 5) is 14.0. The molecule has 1 saturated heterocycles. The van der Waals surface area contributed by atoms with Gasteiger partial charge in [-0.05, 0) is 62.3 Å². The predicted molar refractivity (Wildman–Crippen MR) is 140 cm³/mol. The Morgan fingerprint density at radius 2 is 1.85 bits per heavy atom. The Morgan fingerprint density at radius 1 is 1.22 bits per heavy atom. The number of carbonyl (C=O) groups excluding carboxylic acids is 1. The van der Waals surface area contributed by atoms with Gasteiger partial charge in [-0.3, -0.25) is 9.69 Å². The molecule has 1 saturated carbocycles. The molecule has 1 atom stereocenters. The van der Waals surface area contributed by atoms with Crippen molar-refractivity contribution < 1.29 is 39.9 Å². The third-order valence-corrected chi connectivity index (χ3v) is 8.35. The van der Waals surface area contributed by atoms with E-state index in [0.717, 1.165) is 31.2 Å². The Labute approximate surface area is 239 Å². The molecule has 1 aliphatic heterocycles. The molecule has 1 aliphatic carbocycles. The minimum atomic E-state index is -4.70. The molecule has 1 N–H and O–H groups in total. The van der Waals surface area contributed by atoms with E-state index < -0.39 is 61.3 Å². The number of sulfonamides is 1. The van der Waals surface area contributed by atoms with Crippen LogP contribution < -0.4 is 9.46 Å². The maximum Gasteiger partial charge on any atom is 0.416 e. The second kappa shape index (κ2) is 11.4. The third kappa shape index (κ3) is 7.10. The number of ether oxygens (including phenoxy) is 1. The zero-order valence-corrected chi connectivity index (χ0v) is 23.7. The number of rotatable bonds is 8. The van der Waals surface area contributed by atoms with Crippen molar-refractivity contribution >= 4 is 27.5 Å². The van der Waals surface area contributed by atoms with Crippen LogP contribution in [0, 0.1) is 28.4 Å². The van der Waals surface area contributed by atoms with Gasteiger partial charge < -0.3 is 4.74 Å². The highest BCUT2D eigenvalue weighted by atomic mass is 35.5. The fourth-order valence-corrected chi connectivity index (χ4v) is 5.60. The number of likely N-dealkylation sites (tertiary alicyclic amines) is 1. The van der Waals surface area contributed by atoms with Crippen LogP contribution in [0.5, 0.6) is 5.75 Å². The van der Waals surface area contributed by atoms with E-state index in [4.69, 9.17) is 16.3 Å². The first-order valence-electron chi connectivity index (χ1n) is 12.7. The van der Waals surface area contributed by atoms with E-state index in [1.807, 2.05) is 0 Å². The zero-order chi connectivity index (χ0) is 30.3. The molecule has 14 heteroatoms. The lowest BCUT2D eigenvalue weighted by Crippen LogP contribution is -2.43. The van der Waals surface area contributed by atoms with Gasteiger partial charge >= 0.3 is 6.18 Å². The number of halogens is 6. The first kappa shape index (κ1) is 31.0. The van der Waals surface area contributed by atoms with E-state index in [9.17, 15) is 40.4 Å². The molecule has 0 bridgehead atoms. The average molecular weight is 620 g/mol. The quantitative estimate of drug-likeness (QED) is 0.367. The number of nitrogens with one attached hydrogen (secondary N) is 1. The molecule has 0 spiro atoms. The van der Waals surface area contributed by atoms with Crippen molar-refractivity contribution in [3.63, 3.8) is 0 Å². The second-order valence-corrected chi connectivity index (χ2v) is 12.8. The van der Waals surface area contributed by atoms with Gasteiger partial charge in [-0.2, -0.15) is 18.4 Å². The summed E-state index contributed by atoms with van der Waals surface area (Å²) in [6.07, 6.45) is -1.89. The summed E-state index contributed by atoms with van der Waals surface area (Å²) in [7, 11) is -3.91. The van der Waals surface area contributed by atoms with E-state index in [1.54, 1.807) is 16.5 Å². The summed E-state index contributed by atoms with van der Waals surface area (Å²) < 4.78 is 99.9. The van der Waals surface area contributed by atoms with Crippen molar-refractivity contribution in [1.29, 1.82) is 5.26 Å². The molecule has 4 rings (SSSR count). The van der Waals surface area contributed by atoms with E-state index >= 15 is 0 Å². The Hall–Kier alpha value is -2.95. The lowest BCUT2D eigenvalue weighted by atomic mass is 9.80. The fraction of sp³-hybridized carbons (Fsp3) is 0.481. The molecule has 1 heterocycles. The monoisotopic (exact) mass is 619 g/mol. The first-order valence-corrected chi connectivity index (χ1v) is 15.0. The maximum atomic E-state index is 14.8. The molecule has 0 radical (unpaired) electrons. The van der Waals surface area contributed by atoms with Crippen LogP contribution in [-0.2, 0) is 16.2 Å². The predicted octanol–water partition coefficient (Wildman–Crippen LogP) is 5.95. The number of amides is 1. The molecule has 0 unspecified atom stereocenters. The van der Waals surface area contributed by atoms with Gasteiger partial charge in [0.25, 0.3) is 5.91 Å². The lowest BCUT2D eigenvalue weighted by molar-refractivity contribution is -0.137. The molecule has 2 fully saturated rings. The summed E-state index contributed by atoms with van der Waals surface area (Å²) in [6, 6.07) is 5.06. The molecule has 7 nitrogen and oxygen atoms in total. The standard InChI is InChI=1S/C27H27ClF5N3O4S/c1-15(18-9-17(27(31,32)33)10-21(28)24(18)30)36-7-5-26(13-34,6-8-36)14-40-23-12-22(29)20(11-19(23)16-3-4-16)25(37)35-41(2,38)39/h9-12,15-16H,3-8,14H2,1-2H3,(H,35,37)/t15-/m1/s1. The molecule has 2 aromatic carbocycles. The number of piperidine rings is 1. The maximum absolute atomic E-state index is 14.8. The molecular weight excluding hydrogens is 593 g/mol. The largest absolute Gasteiger partial charge is 0.492 e. The van der Waals surface area contributed by atoms with Gasteiger partial charge in [0.1, 0.15) is 24.0 Å². The van der Waals surface area contributed by atoms with Crippen molar-refractivity contribution in [2.24, 2.45) is 5.41 Å². The van der Waals surface area contributed by atoms with Gasteiger partial charge in [0.2, 0.25) is 10.0 Å². The number of nitrogens with zero attached hydrogens (tertiary/aromatic N) is 2. The third-order valence-electron chi connectivity index (χ3n) is 7.52. The zero-order valence-electron chi connectivity index (χ0n) is 22.1. The Balaban J connectivity index is 1.48. The van der Waals surface area contributed by atoms with Crippen molar-refractivity contribution in [3.05, 3.63) is 63.2 Å². The van der Waals surface area contributed by atoms with E-state index in [0.29, 0.717) is 11.6 Å². The smallest absolute Gasteiger partial charge is 0.416 e. The van der Waals surface area contributed by atoms with Crippen LogP contribution in [0.25, 0.3) is 0 Å². The van der Waals surface area contributed by atoms with Crippen LogP contribution in [0.2, 0.25) is 5.02 Å². The van der Waals surface area contributed by atoms with Crippen molar-refractivity contribution in [2.45, 2.75) is 50.7 Å². The Morgan fingerprint density at radius 3 is 2.39 bits per heavy atom. The minimum Gasteiger partial charge on any atom is -0.492 e. The first-order chi connectivity index (χ1) is 19.0. The second-order valence-electron chi connectivity index (χ2n) is 10.6.